The number of carbonyl (C=O) groups excluding carboxylic acids is 1. The molecule has 0 unspecified atom stereocenters. The van der Waals surface area contributed by atoms with E-state index in [-0.39, 0.29) is 16.9 Å². The van der Waals surface area contributed by atoms with Crippen molar-refractivity contribution < 1.29 is 9.18 Å². The van der Waals surface area contributed by atoms with E-state index >= 15 is 0 Å². The van der Waals surface area contributed by atoms with Gasteiger partial charge < -0.3 is 5.32 Å². The second-order valence-corrected chi connectivity index (χ2v) is 5.72. The Labute approximate surface area is 139 Å². The minimum Gasteiger partial charge on any atom is -0.308 e. The highest BCUT2D eigenvalue weighted by atomic mass is 32.1. The zero-order chi connectivity index (χ0) is 17.1. The summed E-state index contributed by atoms with van der Waals surface area (Å²) in [6.45, 7) is 0. The number of nitrogens with one attached hydrogen (secondary N) is 2. The van der Waals surface area contributed by atoms with Gasteiger partial charge in [-0.25, -0.2) is 14.2 Å². The Morgan fingerprint density at radius 2 is 1.88 bits per heavy atom. The maximum Gasteiger partial charge on any atom is 0.325 e. The first-order valence-electron chi connectivity index (χ1n) is 6.67. The minimum absolute atomic E-state index is 0.172. The maximum atomic E-state index is 13.2. The average Bonchev–Trinajstić information content (AvgIpc) is 2.95. The lowest BCUT2D eigenvalue weighted by Crippen LogP contribution is -2.19. The van der Waals surface area contributed by atoms with Gasteiger partial charge >= 0.3 is 6.03 Å². The number of anilines is 2. The average molecular weight is 337 g/mol. The lowest BCUT2D eigenvalue weighted by atomic mass is 10.1. The highest BCUT2D eigenvalue weighted by Gasteiger charge is 2.10. The first-order chi connectivity index (χ1) is 11.6. The molecule has 3 rings (SSSR count). The van der Waals surface area contributed by atoms with Gasteiger partial charge in [0, 0.05) is 5.69 Å². The Hall–Kier alpha value is -3.49. The van der Waals surface area contributed by atoms with Crippen LogP contribution in [0.4, 0.5) is 20.0 Å². The number of halogens is 1. The van der Waals surface area contributed by atoms with Gasteiger partial charge in [0.2, 0.25) is 0 Å². The lowest BCUT2D eigenvalue weighted by Gasteiger charge is -2.06. The van der Waals surface area contributed by atoms with E-state index in [1.165, 1.54) is 36.4 Å². The second-order valence-electron chi connectivity index (χ2n) is 4.69. The van der Waals surface area contributed by atoms with Crippen LogP contribution in [-0.2, 0) is 0 Å². The molecule has 0 spiro atoms. The second kappa shape index (κ2) is 6.32. The summed E-state index contributed by atoms with van der Waals surface area (Å²) in [4.78, 5) is 16.2. The van der Waals surface area contributed by atoms with Crippen molar-refractivity contribution in [3.05, 3.63) is 53.3 Å². The number of fused-ring (bicyclic) bond motifs is 1. The third-order valence-electron chi connectivity index (χ3n) is 3.09. The van der Waals surface area contributed by atoms with E-state index < -0.39 is 6.03 Å². The number of aromatic nitrogens is 1. The Balaban J connectivity index is 1.75. The van der Waals surface area contributed by atoms with Crippen molar-refractivity contribution in [3.63, 3.8) is 0 Å². The fourth-order valence-corrected chi connectivity index (χ4v) is 2.91. The number of hydrogen-bond acceptors (Lipinski definition) is 5. The number of hydrogen-bond donors (Lipinski definition) is 2. The highest BCUT2D eigenvalue weighted by Crippen LogP contribution is 2.26. The molecule has 0 radical (unpaired) electrons. The molecule has 0 aliphatic heterocycles. The molecule has 3 aromatic rings. The molecule has 2 N–H and O–H groups in total. The van der Waals surface area contributed by atoms with Crippen LogP contribution in [0.3, 0.4) is 0 Å². The van der Waals surface area contributed by atoms with E-state index in [1.54, 1.807) is 0 Å². The van der Waals surface area contributed by atoms with Crippen LogP contribution in [0.25, 0.3) is 10.2 Å². The van der Waals surface area contributed by atoms with Gasteiger partial charge in [-0.1, -0.05) is 11.3 Å². The predicted molar refractivity (Wildman–Crippen MR) is 88.1 cm³/mol. The fourth-order valence-electron chi connectivity index (χ4n) is 2.02. The van der Waals surface area contributed by atoms with Crippen LogP contribution in [0.1, 0.15) is 11.1 Å². The Morgan fingerprint density at radius 3 is 2.62 bits per heavy atom. The summed E-state index contributed by atoms with van der Waals surface area (Å²) in [6, 6.07) is 11.8. The molecule has 1 heterocycles. The Bertz CT molecular complexity index is 1030. The van der Waals surface area contributed by atoms with E-state index in [9.17, 15) is 9.18 Å². The number of rotatable bonds is 2. The molecule has 2 aromatic carbocycles. The van der Waals surface area contributed by atoms with Crippen LogP contribution in [0.15, 0.2) is 36.4 Å². The summed E-state index contributed by atoms with van der Waals surface area (Å²) >= 11 is 1.15. The van der Waals surface area contributed by atoms with Gasteiger partial charge in [-0.3, -0.25) is 5.32 Å². The van der Waals surface area contributed by atoms with E-state index in [0.29, 0.717) is 21.0 Å². The molecule has 2 amide bonds. The van der Waals surface area contributed by atoms with Crippen LogP contribution >= 0.6 is 11.3 Å². The molecular weight excluding hydrogens is 329 g/mol. The summed E-state index contributed by atoms with van der Waals surface area (Å²) in [5.41, 5.74) is 1.36. The van der Waals surface area contributed by atoms with Crippen molar-refractivity contribution in [1.29, 1.82) is 10.5 Å². The van der Waals surface area contributed by atoms with Gasteiger partial charge in [-0.05, 0) is 36.4 Å². The monoisotopic (exact) mass is 337 g/mol. The zero-order valence-electron chi connectivity index (χ0n) is 12.0. The number of thiazole rings is 1. The van der Waals surface area contributed by atoms with Crippen molar-refractivity contribution in [2.45, 2.75) is 0 Å². The standard InChI is InChI=1S/C16H8FN5OS/c17-11-2-4-13-14(6-11)24-16(21-13)22-15(23)20-12-3-1-9(7-18)10(5-12)8-19/h1-6H,(H2,20,21,22,23). The molecule has 1 aromatic heterocycles. The third-order valence-corrected chi connectivity index (χ3v) is 4.02. The van der Waals surface area contributed by atoms with Crippen molar-refractivity contribution in [3.8, 4) is 12.1 Å². The maximum absolute atomic E-state index is 13.2. The van der Waals surface area contributed by atoms with E-state index in [0.717, 1.165) is 11.3 Å². The normalized spacial score (nSPS) is 9.96. The summed E-state index contributed by atoms with van der Waals surface area (Å²) in [5.74, 6) is -0.372. The van der Waals surface area contributed by atoms with Gasteiger partial charge in [-0.2, -0.15) is 10.5 Å². The Morgan fingerprint density at radius 1 is 1.08 bits per heavy atom. The summed E-state index contributed by atoms with van der Waals surface area (Å²) in [6.07, 6.45) is 0. The van der Waals surface area contributed by atoms with Crippen molar-refractivity contribution >= 4 is 38.4 Å². The molecule has 24 heavy (non-hydrogen) atoms. The van der Waals surface area contributed by atoms with Crippen LogP contribution in [0.5, 0.6) is 0 Å². The van der Waals surface area contributed by atoms with Crippen LogP contribution < -0.4 is 10.6 Å². The van der Waals surface area contributed by atoms with Crippen LogP contribution in [0, 0.1) is 28.5 Å². The number of amides is 2. The van der Waals surface area contributed by atoms with Crippen LogP contribution in [0.2, 0.25) is 0 Å². The molecule has 8 heteroatoms. The largest absolute Gasteiger partial charge is 0.325 e. The SMILES string of the molecule is N#Cc1ccc(NC(=O)Nc2nc3ccc(F)cc3s2)cc1C#N. The fraction of sp³-hybridized carbons (Fsp3) is 0. The first kappa shape index (κ1) is 15.4. The number of benzene rings is 2. The molecule has 6 nitrogen and oxygen atoms in total. The van der Waals surface area contributed by atoms with E-state index in [1.807, 2.05) is 12.1 Å². The minimum atomic E-state index is -0.553. The van der Waals surface area contributed by atoms with Crippen molar-refractivity contribution in [2.24, 2.45) is 0 Å². The topological polar surface area (TPSA) is 102 Å². The Kier molecular flexibility index (Phi) is 4.06. The van der Waals surface area contributed by atoms with Gasteiger partial charge in [0.25, 0.3) is 0 Å². The van der Waals surface area contributed by atoms with Gasteiger partial charge in [-0.15, -0.1) is 0 Å². The van der Waals surface area contributed by atoms with Crippen LogP contribution in [-0.4, -0.2) is 11.0 Å². The molecule has 0 fully saturated rings. The molecule has 0 aliphatic carbocycles. The molecule has 0 saturated carbocycles. The molecule has 0 aliphatic rings. The molecular formula is C16H8FN5OS. The van der Waals surface area contributed by atoms with Gasteiger partial charge in [0.05, 0.1) is 21.3 Å². The quantitative estimate of drug-likeness (QED) is 0.742. The number of urea groups is 1. The smallest absolute Gasteiger partial charge is 0.308 e. The molecule has 0 saturated heterocycles. The summed E-state index contributed by atoms with van der Waals surface area (Å²) in [5, 5.41) is 23.3. The first-order valence-corrected chi connectivity index (χ1v) is 7.49. The van der Waals surface area contributed by atoms with E-state index in [4.69, 9.17) is 10.5 Å². The third kappa shape index (κ3) is 3.14. The summed E-state index contributed by atoms with van der Waals surface area (Å²) < 4.78 is 13.8. The number of nitriles is 2. The number of carbonyl (C=O) groups is 1. The highest BCUT2D eigenvalue weighted by molar-refractivity contribution is 7.22. The number of nitrogens with zero attached hydrogens (tertiary/aromatic N) is 3. The molecule has 0 atom stereocenters. The van der Waals surface area contributed by atoms with Gasteiger partial charge in [0.1, 0.15) is 18.0 Å². The van der Waals surface area contributed by atoms with Crippen molar-refractivity contribution in [1.82, 2.24) is 4.98 Å². The van der Waals surface area contributed by atoms with E-state index in [2.05, 4.69) is 15.6 Å². The molecule has 0 bridgehead atoms. The molecule has 116 valence electrons. The van der Waals surface area contributed by atoms with Gasteiger partial charge in [0.15, 0.2) is 5.13 Å². The predicted octanol–water partition coefficient (Wildman–Crippen LogP) is 3.82. The summed E-state index contributed by atoms with van der Waals surface area (Å²) in [7, 11) is 0. The lowest BCUT2D eigenvalue weighted by molar-refractivity contribution is 0.262. The van der Waals surface area contributed by atoms with Crippen molar-refractivity contribution in [2.75, 3.05) is 10.6 Å². The zero-order valence-corrected chi connectivity index (χ0v) is 12.8.